The summed E-state index contributed by atoms with van der Waals surface area (Å²) in [6.07, 6.45) is 3.73. The van der Waals surface area contributed by atoms with E-state index >= 15 is 0 Å². The van der Waals surface area contributed by atoms with Gasteiger partial charge in [0.1, 0.15) is 11.5 Å². The normalized spacial score (nSPS) is 11.2. The quantitative estimate of drug-likeness (QED) is 0.411. The molecule has 6 nitrogen and oxygen atoms in total. The summed E-state index contributed by atoms with van der Waals surface area (Å²) < 4.78 is 13.3. The highest BCUT2D eigenvalue weighted by atomic mass is 16.5. The van der Waals surface area contributed by atoms with Gasteiger partial charge in [-0.2, -0.15) is 0 Å². The van der Waals surface area contributed by atoms with Crippen LogP contribution in [-0.4, -0.2) is 21.3 Å². The summed E-state index contributed by atoms with van der Waals surface area (Å²) in [5.41, 5.74) is 4.25. The molecule has 0 atom stereocenters. The van der Waals surface area contributed by atoms with Gasteiger partial charge in [-0.1, -0.05) is 24.6 Å². The Hall–Kier alpha value is -3.41. The number of nitrogens with zero attached hydrogens (tertiary/aromatic N) is 3. The van der Waals surface area contributed by atoms with Crippen LogP contribution >= 0.6 is 0 Å². The monoisotopic (exact) mass is 403 g/mol. The lowest BCUT2D eigenvalue weighted by Crippen LogP contribution is -2.20. The molecule has 0 radical (unpaired) electrons. The molecule has 3 heterocycles. The van der Waals surface area contributed by atoms with E-state index in [2.05, 4.69) is 23.1 Å². The highest BCUT2D eigenvalue weighted by Gasteiger charge is 2.18. The molecule has 0 saturated carbocycles. The molecule has 0 amide bonds. The first-order valence-electron chi connectivity index (χ1n) is 10.2. The Bertz CT molecular complexity index is 1210. The number of fused-ring (bicyclic) bond motifs is 1. The van der Waals surface area contributed by atoms with E-state index in [-0.39, 0.29) is 5.56 Å². The smallest absolute Gasteiger partial charge is 0.251 e. The molecule has 4 aromatic rings. The fourth-order valence-corrected chi connectivity index (χ4v) is 3.65. The Morgan fingerprint density at radius 1 is 1.13 bits per heavy atom. The van der Waals surface area contributed by atoms with Crippen LogP contribution in [0.15, 0.2) is 58.0 Å². The van der Waals surface area contributed by atoms with Gasteiger partial charge in [0, 0.05) is 23.9 Å². The van der Waals surface area contributed by atoms with E-state index in [1.54, 1.807) is 16.8 Å². The summed E-state index contributed by atoms with van der Waals surface area (Å²) in [5, 5.41) is 5.05. The second kappa shape index (κ2) is 8.53. The maximum Gasteiger partial charge on any atom is 0.251 e. The molecule has 6 heteroatoms. The van der Waals surface area contributed by atoms with Crippen LogP contribution in [0.2, 0.25) is 0 Å². The van der Waals surface area contributed by atoms with Gasteiger partial charge in [-0.05, 0) is 49.9 Å². The molecule has 3 aromatic heterocycles. The van der Waals surface area contributed by atoms with E-state index in [1.807, 2.05) is 44.2 Å². The average molecular weight is 403 g/mol. The number of ether oxygens (including phenoxy) is 1. The molecule has 0 saturated heterocycles. The van der Waals surface area contributed by atoms with Crippen LogP contribution in [0.4, 0.5) is 0 Å². The molecule has 30 heavy (non-hydrogen) atoms. The lowest BCUT2D eigenvalue weighted by Gasteiger charge is -2.16. The molecular formula is C24H25N3O3. The summed E-state index contributed by atoms with van der Waals surface area (Å²) in [6.45, 7) is 6.96. The molecule has 0 bridgehead atoms. The van der Waals surface area contributed by atoms with Gasteiger partial charge in [-0.25, -0.2) is 0 Å². The lowest BCUT2D eigenvalue weighted by molar-refractivity contribution is 0.311. The second-order valence-corrected chi connectivity index (χ2v) is 7.39. The number of benzene rings is 1. The van der Waals surface area contributed by atoms with Crippen molar-refractivity contribution in [3.05, 3.63) is 76.2 Å². The van der Waals surface area contributed by atoms with Crippen molar-refractivity contribution in [2.45, 2.75) is 40.2 Å². The van der Waals surface area contributed by atoms with Crippen molar-refractivity contribution in [1.82, 2.24) is 14.7 Å². The van der Waals surface area contributed by atoms with Crippen molar-refractivity contribution < 1.29 is 9.26 Å². The van der Waals surface area contributed by atoms with Crippen molar-refractivity contribution in [2.75, 3.05) is 6.61 Å². The Balaban J connectivity index is 1.90. The molecule has 0 N–H and O–H groups in total. The van der Waals surface area contributed by atoms with E-state index in [1.165, 1.54) is 0 Å². The maximum absolute atomic E-state index is 12.7. The number of unbranched alkanes of at least 4 members (excludes halogenated alkanes) is 1. The highest BCUT2D eigenvalue weighted by molar-refractivity contribution is 5.89. The molecule has 154 valence electrons. The third-order valence-corrected chi connectivity index (χ3v) is 5.20. The number of rotatable bonds is 7. The van der Waals surface area contributed by atoms with Crippen LogP contribution in [0.3, 0.4) is 0 Å². The first-order chi connectivity index (χ1) is 14.6. The molecule has 0 fully saturated rings. The number of hydrogen-bond acceptors (Lipinski definition) is 5. The fourth-order valence-electron chi connectivity index (χ4n) is 3.65. The fraction of sp³-hybridized carbons (Fsp3) is 0.292. The molecule has 0 aliphatic rings. The Labute approximate surface area is 175 Å². The van der Waals surface area contributed by atoms with Gasteiger partial charge >= 0.3 is 0 Å². The van der Waals surface area contributed by atoms with E-state index in [0.717, 1.165) is 57.8 Å². The van der Waals surface area contributed by atoms with Gasteiger partial charge in [-0.15, -0.1) is 0 Å². The van der Waals surface area contributed by atoms with Gasteiger partial charge in [0.25, 0.3) is 5.56 Å². The first-order valence-corrected chi connectivity index (χ1v) is 10.2. The van der Waals surface area contributed by atoms with Gasteiger partial charge in [0.15, 0.2) is 0 Å². The minimum Gasteiger partial charge on any atom is -0.493 e. The predicted molar refractivity (Wildman–Crippen MR) is 117 cm³/mol. The maximum atomic E-state index is 12.7. The zero-order chi connectivity index (χ0) is 21.1. The molecule has 4 rings (SSSR count). The van der Waals surface area contributed by atoms with Crippen LogP contribution in [0.25, 0.3) is 22.0 Å². The summed E-state index contributed by atoms with van der Waals surface area (Å²) in [6, 6.07) is 13.2. The van der Waals surface area contributed by atoms with Crippen molar-refractivity contribution >= 4 is 10.9 Å². The van der Waals surface area contributed by atoms with E-state index in [0.29, 0.717) is 13.2 Å². The van der Waals surface area contributed by atoms with Crippen molar-refractivity contribution in [2.24, 2.45) is 0 Å². The zero-order valence-electron chi connectivity index (χ0n) is 17.5. The minimum atomic E-state index is -0.0715. The van der Waals surface area contributed by atoms with Crippen molar-refractivity contribution in [3.8, 4) is 16.9 Å². The van der Waals surface area contributed by atoms with Crippen molar-refractivity contribution in [3.63, 3.8) is 0 Å². The topological polar surface area (TPSA) is 70.2 Å². The Morgan fingerprint density at radius 2 is 2.00 bits per heavy atom. The predicted octanol–water partition coefficient (Wildman–Crippen LogP) is 4.90. The Kier molecular flexibility index (Phi) is 5.65. The van der Waals surface area contributed by atoms with Crippen LogP contribution in [-0.2, 0) is 6.54 Å². The number of hydrogen-bond donors (Lipinski definition) is 0. The Morgan fingerprint density at radius 3 is 2.70 bits per heavy atom. The van der Waals surface area contributed by atoms with Gasteiger partial charge < -0.3 is 13.8 Å². The second-order valence-electron chi connectivity index (χ2n) is 7.39. The van der Waals surface area contributed by atoms with Gasteiger partial charge in [0.05, 0.1) is 35.6 Å². The highest BCUT2D eigenvalue weighted by Crippen LogP contribution is 2.37. The number of aryl methyl sites for hydroxylation is 2. The largest absolute Gasteiger partial charge is 0.493 e. The first kappa shape index (κ1) is 19.9. The molecule has 0 aliphatic heterocycles. The molecule has 0 aliphatic carbocycles. The number of pyridine rings is 2. The lowest BCUT2D eigenvalue weighted by atomic mass is 10.0. The standard InChI is InChI=1S/C24H25N3O3/c1-4-5-12-29-22-14-21-18(13-20(22)24-16(2)26-30-17(24)3)9-10-23(28)27(21)15-19-8-6-7-11-25-19/h6-11,13-14H,4-5,12,15H2,1-3H3. The van der Waals surface area contributed by atoms with Gasteiger partial charge in [-0.3, -0.25) is 9.78 Å². The van der Waals surface area contributed by atoms with E-state index in [9.17, 15) is 4.79 Å². The van der Waals surface area contributed by atoms with Crippen LogP contribution in [0, 0.1) is 13.8 Å². The van der Waals surface area contributed by atoms with Crippen molar-refractivity contribution in [1.29, 1.82) is 0 Å². The summed E-state index contributed by atoms with van der Waals surface area (Å²) in [7, 11) is 0. The third-order valence-electron chi connectivity index (χ3n) is 5.20. The molecular weight excluding hydrogens is 378 g/mol. The van der Waals surface area contributed by atoms with E-state index in [4.69, 9.17) is 9.26 Å². The zero-order valence-corrected chi connectivity index (χ0v) is 17.5. The minimum absolute atomic E-state index is 0.0715. The summed E-state index contributed by atoms with van der Waals surface area (Å²) >= 11 is 0. The summed E-state index contributed by atoms with van der Waals surface area (Å²) in [5.74, 6) is 1.47. The van der Waals surface area contributed by atoms with E-state index < -0.39 is 0 Å². The molecule has 1 aromatic carbocycles. The van der Waals surface area contributed by atoms with Crippen LogP contribution in [0.5, 0.6) is 5.75 Å². The van der Waals surface area contributed by atoms with Crippen LogP contribution < -0.4 is 10.3 Å². The number of aromatic nitrogens is 3. The van der Waals surface area contributed by atoms with Gasteiger partial charge in [0.2, 0.25) is 0 Å². The summed E-state index contributed by atoms with van der Waals surface area (Å²) in [4.78, 5) is 17.1. The molecule has 0 unspecified atom stereocenters. The van der Waals surface area contributed by atoms with Crippen LogP contribution in [0.1, 0.15) is 36.9 Å². The molecule has 0 spiro atoms. The third kappa shape index (κ3) is 3.85. The SMILES string of the molecule is CCCCOc1cc2c(ccc(=O)n2Cc2ccccn2)cc1-c1c(C)noc1C. The average Bonchev–Trinajstić information content (AvgIpc) is 3.09.